The molecule has 1 heterocycles. The molecule has 1 atom stereocenters. The van der Waals surface area contributed by atoms with Gasteiger partial charge in [-0.1, -0.05) is 0 Å². The Bertz CT molecular complexity index is 246. The van der Waals surface area contributed by atoms with Crippen molar-refractivity contribution in [2.24, 2.45) is 5.18 Å². The highest BCUT2D eigenvalue weighted by atomic mass is 16.6. The smallest absolute Gasteiger partial charge is 0.219 e. The van der Waals surface area contributed by atoms with Gasteiger partial charge in [0.2, 0.25) is 11.6 Å². The maximum Gasteiger partial charge on any atom is 0.219 e. The molecule has 0 aliphatic carbocycles. The van der Waals surface area contributed by atoms with Gasteiger partial charge in [-0.15, -0.1) is 4.91 Å². The third-order valence-corrected chi connectivity index (χ3v) is 2.55. The second kappa shape index (κ2) is 4.67. The number of hydrogen-bond donors (Lipinski definition) is 1. The fourth-order valence-electron chi connectivity index (χ4n) is 1.72. The molecule has 0 aromatic heterocycles. The number of aliphatic hydroxyl groups is 1. The van der Waals surface area contributed by atoms with Gasteiger partial charge in [0.1, 0.15) is 0 Å². The number of likely N-dealkylation sites (tertiary alicyclic amines) is 1. The van der Waals surface area contributed by atoms with Crippen LogP contribution in [0.15, 0.2) is 5.18 Å². The summed E-state index contributed by atoms with van der Waals surface area (Å²) < 4.78 is 5.09. The second-order valence-corrected chi connectivity index (χ2v) is 3.76. The first-order chi connectivity index (χ1) is 6.99. The minimum atomic E-state index is -1.17. The first kappa shape index (κ1) is 12.1. The molecule has 1 aliphatic heterocycles. The maximum absolute atomic E-state index is 11.0. The molecule has 0 spiro atoms. The van der Waals surface area contributed by atoms with Crippen LogP contribution in [0.3, 0.4) is 0 Å². The number of rotatable bonds is 3. The summed E-state index contributed by atoms with van der Waals surface area (Å²) in [7, 11) is 0. The molecule has 1 saturated heterocycles. The lowest BCUT2D eigenvalue weighted by atomic mass is 10.0. The first-order valence-electron chi connectivity index (χ1n) is 4.95. The van der Waals surface area contributed by atoms with Gasteiger partial charge in [-0.2, -0.15) is 0 Å². The van der Waals surface area contributed by atoms with E-state index in [1.165, 1.54) is 13.8 Å². The minimum Gasteiger partial charge on any atom is -0.368 e. The highest BCUT2D eigenvalue weighted by molar-refractivity contribution is 5.73. The largest absolute Gasteiger partial charge is 0.368 e. The predicted octanol–water partition coefficient (Wildman–Crippen LogP) is 0.446. The average molecular weight is 216 g/mol. The highest BCUT2D eigenvalue weighted by Gasteiger charge is 2.38. The van der Waals surface area contributed by atoms with Crippen molar-refractivity contribution >= 4 is 5.91 Å². The summed E-state index contributed by atoms with van der Waals surface area (Å²) >= 11 is 0. The Morgan fingerprint density at radius 2 is 2.07 bits per heavy atom. The van der Waals surface area contributed by atoms with Crippen LogP contribution in [0.4, 0.5) is 0 Å². The van der Waals surface area contributed by atoms with E-state index < -0.39 is 12.0 Å². The lowest BCUT2D eigenvalue weighted by Gasteiger charge is -2.36. The lowest BCUT2D eigenvalue weighted by Crippen LogP contribution is -2.47. The summed E-state index contributed by atoms with van der Waals surface area (Å²) in [5.74, 6) is -0.0217. The molecular formula is C9H16N2O4. The molecule has 1 N–H and O–H groups in total. The van der Waals surface area contributed by atoms with Crippen LogP contribution < -0.4 is 0 Å². The molecule has 86 valence electrons. The minimum absolute atomic E-state index is 0.0217. The molecular weight excluding hydrogens is 200 g/mol. The van der Waals surface area contributed by atoms with Gasteiger partial charge in [-0.3, -0.25) is 4.79 Å². The normalized spacial score (nSPS) is 22.2. The summed E-state index contributed by atoms with van der Waals surface area (Å²) in [6, 6.07) is 0. The van der Waals surface area contributed by atoms with Crippen LogP contribution in [0, 0.1) is 4.91 Å². The zero-order valence-corrected chi connectivity index (χ0v) is 8.97. The number of hydrogen-bond acceptors (Lipinski definition) is 5. The van der Waals surface area contributed by atoms with Crippen molar-refractivity contribution in [2.45, 2.75) is 38.7 Å². The Kier molecular flexibility index (Phi) is 3.76. The van der Waals surface area contributed by atoms with E-state index in [0.717, 1.165) is 0 Å². The Hall–Kier alpha value is -1.01. The fraction of sp³-hybridized carbons (Fsp3) is 0.889. The van der Waals surface area contributed by atoms with Crippen molar-refractivity contribution < 1.29 is 14.6 Å². The molecule has 0 aromatic rings. The van der Waals surface area contributed by atoms with Gasteiger partial charge in [0.05, 0.1) is 0 Å². The molecule has 1 aliphatic rings. The van der Waals surface area contributed by atoms with Gasteiger partial charge >= 0.3 is 0 Å². The molecule has 0 aromatic carbocycles. The number of piperidine rings is 1. The fourth-order valence-corrected chi connectivity index (χ4v) is 1.72. The molecule has 15 heavy (non-hydrogen) atoms. The standard InChI is InChI=1S/C9H16N2O4/c1-7(12)11-5-3-9(10-14,4-6-11)15-8(2)13/h8,13H,3-6H2,1-2H3. The van der Waals surface area contributed by atoms with Crippen molar-refractivity contribution in [3.05, 3.63) is 4.91 Å². The zero-order chi connectivity index (χ0) is 11.5. The van der Waals surface area contributed by atoms with Crippen molar-refractivity contribution in [3.8, 4) is 0 Å². The van der Waals surface area contributed by atoms with Crippen LogP contribution in [0.1, 0.15) is 26.7 Å². The lowest BCUT2D eigenvalue weighted by molar-refractivity contribution is -0.190. The van der Waals surface area contributed by atoms with E-state index in [0.29, 0.717) is 25.9 Å². The Balaban J connectivity index is 2.58. The number of ether oxygens (including phenoxy) is 1. The molecule has 0 radical (unpaired) electrons. The van der Waals surface area contributed by atoms with E-state index in [1.54, 1.807) is 4.90 Å². The van der Waals surface area contributed by atoms with Gasteiger partial charge < -0.3 is 14.7 Å². The van der Waals surface area contributed by atoms with Crippen molar-refractivity contribution in [1.82, 2.24) is 4.90 Å². The van der Waals surface area contributed by atoms with E-state index in [9.17, 15) is 9.70 Å². The number of aliphatic hydroxyl groups excluding tert-OH is 1. The third-order valence-electron chi connectivity index (χ3n) is 2.55. The van der Waals surface area contributed by atoms with E-state index >= 15 is 0 Å². The Labute approximate surface area is 88.2 Å². The Morgan fingerprint density at radius 1 is 1.53 bits per heavy atom. The van der Waals surface area contributed by atoms with E-state index in [4.69, 9.17) is 9.84 Å². The van der Waals surface area contributed by atoms with E-state index in [-0.39, 0.29) is 5.91 Å². The zero-order valence-electron chi connectivity index (χ0n) is 8.97. The quantitative estimate of drug-likeness (QED) is 0.548. The molecule has 1 fully saturated rings. The summed E-state index contributed by atoms with van der Waals surface area (Å²) in [6.45, 7) is 3.79. The second-order valence-electron chi connectivity index (χ2n) is 3.76. The number of nitroso groups, excluding NO2 is 1. The van der Waals surface area contributed by atoms with Crippen molar-refractivity contribution in [1.29, 1.82) is 0 Å². The number of carbonyl (C=O) groups excluding carboxylic acids is 1. The van der Waals surface area contributed by atoms with Gasteiger partial charge in [0.15, 0.2) is 6.29 Å². The molecule has 1 rings (SSSR count). The summed E-state index contributed by atoms with van der Waals surface area (Å²) in [5.41, 5.74) is -1.17. The molecule has 6 heteroatoms. The average Bonchev–Trinajstić information content (AvgIpc) is 2.17. The van der Waals surface area contributed by atoms with Crippen LogP contribution >= 0.6 is 0 Å². The van der Waals surface area contributed by atoms with E-state index in [1.807, 2.05) is 0 Å². The van der Waals surface area contributed by atoms with Crippen molar-refractivity contribution in [2.75, 3.05) is 13.1 Å². The van der Waals surface area contributed by atoms with Crippen LogP contribution in [-0.4, -0.2) is 41.0 Å². The summed E-state index contributed by atoms with van der Waals surface area (Å²) in [4.78, 5) is 23.4. The van der Waals surface area contributed by atoms with Crippen LogP contribution in [0.2, 0.25) is 0 Å². The molecule has 6 nitrogen and oxygen atoms in total. The number of nitrogens with zero attached hydrogens (tertiary/aromatic N) is 2. The van der Waals surface area contributed by atoms with Crippen LogP contribution in [-0.2, 0) is 9.53 Å². The van der Waals surface area contributed by atoms with Crippen LogP contribution in [0.5, 0.6) is 0 Å². The van der Waals surface area contributed by atoms with E-state index in [2.05, 4.69) is 5.18 Å². The maximum atomic E-state index is 11.0. The summed E-state index contributed by atoms with van der Waals surface area (Å²) in [6.07, 6.45) is -0.353. The SMILES string of the molecule is CC(=O)N1CCC(N=O)(OC(C)O)CC1. The van der Waals surface area contributed by atoms with Crippen LogP contribution in [0.25, 0.3) is 0 Å². The molecule has 0 saturated carbocycles. The predicted molar refractivity (Wildman–Crippen MR) is 52.8 cm³/mol. The Morgan fingerprint density at radius 3 is 2.40 bits per heavy atom. The highest BCUT2D eigenvalue weighted by Crippen LogP contribution is 2.28. The topological polar surface area (TPSA) is 79.2 Å². The monoisotopic (exact) mass is 216 g/mol. The van der Waals surface area contributed by atoms with Gasteiger partial charge in [0, 0.05) is 32.9 Å². The van der Waals surface area contributed by atoms with Crippen molar-refractivity contribution in [3.63, 3.8) is 0 Å². The number of amides is 1. The van der Waals surface area contributed by atoms with Gasteiger partial charge in [-0.05, 0) is 12.1 Å². The third kappa shape index (κ3) is 2.97. The first-order valence-corrected chi connectivity index (χ1v) is 4.95. The molecule has 1 unspecified atom stereocenters. The molecule has 0 bridgehead atoms. The summed E-state index contributed by atoms with van der Waals surface area (Å²) in [5, 5.41) is 12.0. The van der Waals surface area contributed by atoms with Gasteiger partial charge in [-0.25, -0.2) is 0 Å². The molecule has 1 amide bonds. The number of carbonyl (C=O) groups is 1. The van der Waals surface area contributed by atoms with Gasteiger partial charge in [0.25, 0.3) is 0 Å².